The molecule has 0 bridgehead atoms. The monoisotopic (exact) mass is 626 g/mol. The number of ketones is 1. The largest absolute Gasteiger partial charge is 0.478 e. The van der Waals surface area contributed by atoms with Crippen molar-refractivity contribution < 1.29 is 27.9 Å². The molecule has 226 valence electrons. The number of aromatic carboxylic acids is 1. The van der Waals surface area contributed by atoms with Gasteiger partial charge in [-0.2, -0.15) is 4.68 Å². The molecule has 12 nitrogen and oxygen atoms in total. The fourth-order valence-electron chi connectivity index (χ4n) is 5.92. The quantitative estimate of drug-likeness (QED) is 0.353. The standard InChI is InChI=1S/C29H31ClN6O6S/c1-43(41,42)34-12-10-20(11-13-34)23-16-26(27(37)14-19-2-4-21(5-3-19)29(39)40)35(17-23)28(38)9-6-22-15-24(30)7-8-25(22)36-18-31-32-33-36/h2-9,15,18,20,23,26H,10-14,16-17H2,1H3,(H,39,40)/b9-6+/t23-,26-/m0/s1. The van der Waals surface area contributed by atoms with Gasteiger partial charge in [0.25, 0.3) is 0 Å². The maximum Gasteiger partial charge on any atom is 0.335 e. The smallest absolute Gasteiger partial charge is 0.335 e. The predicted molar refractivity (Wildman–Crippen MR) is 158 cm³/mol. The summed E-state index contributed by atoms with van der Waals surface area (Å²) in [5.41, 5.74) is 2.01. The van der Waals surface area contributed by atoms with Crippen molar-refractivity contribution >= 4 is 45.4 Å². The maximum absolute atomic E-state index is 13.7. The number of aromatic nitrogens is 4. The van der Waals surface area contributed by atoms with Crippen LogP contribution in [0.5, 0.6) is 0 Å². The Kier molecular flexibility index (Phi) is 9.04. The number of nitrogens with zero attached hydrogens (tertiary/aromatic N) is 6. The van der Waals surface area contributed by atoms with Crippen molar-refractivity contribution in [3.63, 3.8) is 0 Å². The van der Waals surface area contributed by atoms with Crippen molar-refractivity contribution in [2.24, 2.45) is 11.8 Å². The van der Waals surface area contributed by atoms with E-state index in [-0.39, 0.29) is 35.5 Å². The second kappa shape index (κ2) is 12.7. The SMILES string of the molecule is CS(=O)(=O)N1CCC([C@H]2C[C@@H](C(=O)Cc3ccc(C(=O)O)cc3)N(C(=O)/C=C/c3cc(Cl)ccc3-n3cnnn3)C2)CC1. The van der Waals surface area contributed by atoms with E-state index in [1.807, 2.05) is 0 Å². The zero-order valence-electron chi connectivity index (χ0n) is 23.4. The topological polar surface area (TPSA) is 156 Å². The minimum absolute atomic E-state index is 0.0327. The first kappa shape index (κ1) is 30.5. The van der Waals surface area contributed by atoms with Crippen molar-refractivity contribution in [1.82, 2.24) is 29.4 Å². The number of piperidine rings is 1. The van der Waals surface area contributed by atoms with Gasteiger partial charge in [-0.3, -0.25) is 9.59 Å². The molecule has 5 rings (SSSR count). The van der Waals surface area contributed by atoms with E-state index in [0.717, 1.165) is 0 Å². The molecule has 1 N–H and O–H groups in total. The van der Waals surface area contributed by atoms with Crippen LogP contribution in [0.25, 0.3) is 11.8 Å². The van der Waals surface area contributed by atoms with E-state index < -0.39 is 22.0 Å². The summed E-state index contributed by atoms with van der Waals surface area (Å²) in [4.78, 5) is 40.1. The zero-order valence-corrected chi connectivity index (χ0v) is 25.0. The fraction of sp³-hybridized carbons (Fsp3) is 0.379. The molecule has 43 heavy (non-hydrogen) atoms. The average molecular weight is 627 g/mol. The summed E-state index contributed by atoms with van der Waals surface area (Å²) >= 11 is 6.22. The highest BCUT2D eigenvalue weighted by Crippen LogP contribution is 2.36. The van der Waals surface area contributed by atoms with Gasteiger partial charge in [0.15, 0.2) is 5.78 Å². The highest BCUT2D eigenvalue weighted by atomic mass is 35.5. The Morgan fingerprint density at radius 1 is 1.07 bits per heavy atom. The lowest BCUT2D eigenvalue weighted by atomic mass is 9.83. The summed E-state index contributed by atoms with van der Waals surface area (Å²) in [5.74, 6) is -1.32. The number of halogens is 1. The second-order valence-corrected chi connectivity index (χ2v) is 13.4. The van der Waals surface area contributed by atoms with E-state index >= 15 is 0 Å². The number of rotatable bonds is 9. The first-order valence-corrected chi connectivity index (χ1v) is 16.0. The molecule has 0 saturated carbocycles. The highest BCUT2D eigenvalue weighted by molar-refractivity contribution is 7.88. The van der Waals surface area contributed by atoms with Crippen LogP contribution in [0.4, 0.5) is 0 Å². The number of Topliss-reactive ketones (excluding diaryl/α,β-unsaturated/α-hetero) is 1. The molecule has 1 aromatic heterocycles. The van der Waals surface area contributed by atoms with Crippen molar-refractivity contribution in [2.75, 3.05) is 25.9 Å². The summed E-state index contributed by atoms with van der Waals surface area (Å²) < 4.78 is 26.9. The van der Waals surface area contributed by atoms with Gasteiger partial charge in [0.05, 0.1) is 23.5 Å². The number of amides is 1. The van der Waals surface area contributed by atoms with Crippen molar-refractivity contribution in [2.45, 2.75) is 31.7 Å². The van der Waals surface area contributed by atoms with Gasteiger partial charge in [0.1, 0.15) is 6.33 Å². The van der Waals surface area contributed by atoms with Gasteiger partial charge in [-0.05, 0) is 83.5 Å². The van der Waals surface area contributed by atoms with Crippen molar-refractivity contribution in [3.05, 3.63) is 76.6 Å². The minimum atomic E-state index is -3.28. The van der Waals surface area contributed by atoms with Gasteiger partial charge in [-0.1, -0.05) is 23.7 Å². The third-order valence-corrected chi connectivity index (χ3v) is 9.73. The van der Waals surface area contributed by atoms with Crippen molar-refractivity contribution in [3.8, 4) is 5.69 Å². The Bertz CT molecular complexity index is 1640. The molecular formula is C29H31ClN6O6S. The molecule has 2 aromatic carbocycles. The second-order valence-electron chi connectivity index (χ2n) is 10.9. The van der Waals surface area contributed by atoms with Crippen LogP contribution in [0.3, 0.4) is 0 Å². The molecule has 2 saturated heterocycles. The predicted octanol–water partition coefficient (Wildman–Crippen LogP) is 2.73. The van der Waals surface area contributed by atoms with Gasteiger partial charge in [-0.15, -0.1) is 5.10 Å². The normalized spacial score (nSPS) is 20.1. The first-order chi connectivity index (χ1) is 20.5. The Morgan fingerprint density at radius 2 is 1.79 bits per heavy atom. The molecule has 0 unspecified atom stereocenters. The van der Waals surface area contributed by atoms with Crippen LogP contribution in [0.1, 0.15) is 40.7 Å². The first-order valence-electron chi connectivity index (χ1n) is 13.8. The van der Waals surface area contributed by atoms with E-state index in [2.05, 4.69) is 15.5 Å². The van der Waals surface area contributed by atoms with Gasteiger partial charge < -0.3 is 10.0 Å². The number of hydrogen-bond acceptors (Lipinski definition) is 8. The summed E-state index contributed by atoms with van der Waals surface area (Å²) in [7, 11) is -3.28. The summed E-state index contributed by atoms with van der Waals surface area (Å²) in [6.07, 6.45) is 7.51. The molecule has 0 aliphatic carbocycles. The Labute approximate surface area is 254 Å². The molecule has 14 heteroatoms. The summed E-state index contributed by atoms with van der Waals surface area (Å²) in [6, 6.07) is 10.6. The van der Waals surface area contributed by atoms with Gasteiger partial charge >= 0.3 is 5.97 Å². The molecular weight excluding hydrogens is 596 g/mol. The van der Waals surface area contributed by atoms with Crippen LogP contribution in [0, 0.1) is 11.8 Å². The number of hydrogen-bond donors (Lipinski definition) is 1. The average Bonchev–Trinajstić information content (AvgIpc) is 3.67. The van der Waals surface area contributed by atoms with Crippen molar-refractivity contribution in [1.29, 1.82) is 0 Å². The van der Waals surface area contributed by atoms with Crippen LogP contribution >= 0.6 is 11.6 Å². The van der Waals surface area contributed by atoms with Crippen LogP contribution in [0.2, 0.25) is 5.02 Å². The van der Waals surface area contributed by atoms with E-state index in [0.29, 0.717) is 60.7 Å². The van der Waals surface area contributed by atoms with E-state index in [1.54, 1.807) is 41.3 Å². The van der Waals surface area contributed by atoms with Gasteiger partial charge in [-0.25, -0.2) is 17.5 Å². The molecule has 3 aromatic rings. The Balaban J connectivity index is 1.36. The van der Waals surface area contributed by atoms with E-state index in [4.69, 9.17) is 11.6 Å². The Morgan fingerprint density at radius 3 is 2.42 bits per heavy atom. The number of sulfonamides is 1. The Hall–Kier alpha value is -3.94. The maximum atomic E-state index is 13.7. The molecule has 3 heterocycles. The lowest BCUT2D eigenvalue weighted by molar-refractivity contribution is -0.133. The summed E-state index contributed by atoms with van der Waals surface area (Å²) in [5, 5.41) is 20.9. The van der Waals surface area contributed by atoms with Gasteiger partial charge in [0.2, 0.25) is 15.9 Å². The minimum Gasteiger partial charge on any atom is -0.478 e. The number of carboxylic acid groups (broad SMARTS) is 1. The molecule has 2 aliphatic rings. The van der Waals surface area contributed by atoms with Crippen LogP contribution in [-0.2, 0) is 26.0 Å². The van der Waals surface area contributed by atoms with Gasteiger partial charge in [0, 0.05) is 42.7 Å². The molecule has 2 fully saturated rings. The number of tetrazole rings is 1. The number of carbonyl (C=O) groups is 3. The molecule has 0 radical (unpaired) electrons. The van der Waals surface area contributed by atoms with Crippen LogP contribution in [-0.4, -0.2) is 92.5 Å². The van der Waals surface area contributed by atoms with E-state index in [1.165, 1.54) is 39.8 Å². The summed E-state index contributed by atoms with van der Waals surface area (Å²) in [6.45, 7) is 1.20. The highest BCUT2D eigenvalue weighted by Gasteiger charge is 2.42. The number of likely N-dealkylation sites (tertiary alicyclic amines) is 1. The van der Waals surface area contributed by atoms with Crippen LogP contribution < -0.4 is 0 Å². The third-order valence-electron chi connectivity index (χ3n) is 8.19. The number of benzene rings is 2. The molecule has 2 atom stereocenters. The lowest BCUT2D eigenvalue weighted by Gasteiger charge is -2.33. The molecule has 1 amide bonds. The molecule has 2 aliphatic heterocycles. The number of carboxylic acids is 1. The fourth-order valence-corrected chi connectivity index (χ4v) is 6.97. The number of carbonyl (C=O) groups excluding carboxylic acids is 2. The lowest BCUT2D eigenvalue weighted by Crippen LogP contribution is -2.41. The van der Waals surface area contributed by atoms with E-state index in [9.17, 15) is 27.9 Å². The zero-order chi connectivity index (χ0) is 30.7. The van der Waals surface area contributed by atoms with Crippen LogP contribution in [0.15, 0.2) is 54.9 Å². The molecule has 0 spiro atoms. The third kappa shape index (κ3) is 7.17.